The van der Waals surface area contributed by atoms with Gasteiger partial charge in [-0.1, -0.05) is 0 Å². The van der Waals surface area contributed by atoms with Gasteiger partial charge in [0.05, 0.1) is 19.8 Å². The van der Waals surface area contributed by atoms with E-state index in [1.54, 1.807) is 11.8 Å². The Kier molecular flexibility index (Phi) is 7.45. The van der Waals surface area contributed by atoms with Crippen LogP contribution in [0.1, 0.15) is 27.1 Å². The van der Waals surface area contributed by atoms with Gasteiger partial charge >= 0.3 is 11.9 Å². The third-order valence-corrected chi connectivity index (χ3v) is 3.61. The lowest BCUT2D eigenvalue weighted by atomic mass is 10.1. The molecule has 0 unspecified atom stereocenters. The normalized spacial score (nSPS) is 11.4. The van der Waals surface area contributed by atoms with E-state index in [9.17, 15) is 14.4 Å². The zero-order valence-corrected chi connectivity index (χ0v) is 13.6. The monoisotopic (exact) mass is 325 g/mol. The Balaban J connectivity index is 2.76. The van der Waals surface area contributed by atoms with Gasteiger partial charge in [-0.2, -0.15) is 11.8 Å². The summed E-state index contributed by atoms with van der Waals surface area (Å²) < 4.78 is 9.28. The van der Waals surface area contributed by atoms with Crippen LogP contribution in [0, 0.1) is 0 Å². The lowest BCUT2D eigenvalue weighted by Gasteiger charge is -2.16. The van der Waals surface area contributed by atoms with E-state index >= 15 is 0 Å². The number of esters is 2. The van der Waals surface area contributed by atoms with Crippen LogP contribution in [0.15, 0.2) is 24.3 Å². The fourth-order valence-electron chi connectivity index (χ4n) is 1.74. The topological polar surface area (TPSA) is 81.7 Å². The van der Waals surface area contributed by atoms with Crippen molar-refractivity contribution < 1.29 is 23.9 Å². The minimum atomic E-state index is -0.690. The fourth-order valence-corrected chi connectivity index (χ4v) is 2.22. The van der Waals surface area contributed by atoms with Gasteiger partial charge < -0.3 is 14.8 Å². The summed E-state index contributed by atoms with van der Waals surface area (Å²) in [5.41, 5.74) is 0.705. The molecule has 1 aromatic rings. The molecule has 7 heteroatoms. The lowest BCUT2D eigenvalue weighted by Crippen LogP contribution is -2.41. The molecule has 0 aromatic heterocycles. The molecule has 0 aliphatic rings. The molecule has 1 atom stereocenters. The van der Waals surface area contributed by atoms with E-state index in [-0.39, 0.29) is 0 Å². The summed E-state index contributed by atoms with van der Waals surface area (Å²) in [6.07, 6.45) is 2.40. The summed E-state index contributed by atoms with van der Waals surface area (Å²) in [6.45, 7) is 0. The second kappa shape index (κ2) is 9.09. The summed E-state index contributed by atoms with van der Waals surface area (Å²) in [5, 5.41) is 2.64. The summed E-state index contributed by atoms with van der Waals surface area (Å²) in [5.74, 6) is -0.623. The van der Waals surface area contributed by atoms with Crippen molar-refractivity contribution in [2.45, 2.75) is 12.5 Å². The first-order chi connectivity index (χ1) is 10.5. The first-order valence-electron chi connectivity index (χ1n) is 6.59. The van der Waals surface area contributed by atoms with Crippen LogP contribution >= 0.6 is 11.8 Å². The number of rotatable bonds is 7. The average Bonchev–Trinajstić information content (AvgIpc) is 2.56. The molecule has 6 nitrogen and oxygen atoms in total. The Hall–Kier alpha value is -2.02. The number of benzene rings is 1. The van der Waals surface area contributed by atoms with E-state index in [2.05, 4.69) is 14.8 Å². The van der Waals surface area contributed by atoms with Crippen LogP contribution in [-0.2, 0) is 14.3 Å². The Labute approximate surface area is 133 Å². The summed E-state index contributed by atoms with van der Waals surface area (Å²) in [7, 11) is 2.57. The minimum absolute atomic E-state index is 0.353. The van der Waals surface area contributed by atoms with Gasteiger partial charge in [-0.15, -0.1) is 0 Å². The van der Waals surface area contributed by atoms with E-state index in [1.807, 2.05) is 6.26 Å². The molecule has 22 heavy (non-hydrogen) atoms. The molecule has 0 saturated carbocycles. The van der Waals surface area contributed by atoms with Gasteiger partial charge in [-0.25, -0.2) is 9.59 Å². The Morgan fingerprint density at radius 2 is 1.68 bits per heavy atom. The first kappa shape index (κ1) is 18.0. The number of amides is 1. The smallest absolute Gasteiger partial charge is 0.337 e. The number of hydrogen-bond donors (Lipinski definition) is 1. The lowest BCUT2D eigenvalue weighted by molar-refractivity contribution is -0.142. The maximum atomic E-state index is 12.1. The molecular weight excluding hydrogens is 306 g/mol. The van der Waals surface area contributed by atoms with Crippen LogP contribution in [0.2, 0.25) is 0 Å². The standard InChI is InChI=1S/C15H19NO5S/c1-20-14(18)11-6-4-10(5-7-11)13(17)16-12(8-9-22-3)15(19)21-2/h4-7,12H,8-9H2,1-3H3,(H,16,17)/t12-/m0/s1. The van der Waals surface area contributed by atoms with E-state index in [0.29, 0.717) is 17.5 Å². The van der Waals surface area contributed by atoms with Gasteiger partial charge in [0.25, 0.3) is 5.91 Å². The maximum absolute atomic E-state index is 12.1. The zero-order chi connectivity index (χ0) is 16.5. The number of thioether (sulfide) groups is 1. The van der Waals surface area contributed by atoms with Gasteiger partial charge in [-0.3, -0.25) is 4.79 Å². The van der Waals surface area contributed by atoms with Gasteiger partial charge in [0, 0.05) is 5.56 Å². The molecule has 0 bridgehead atoms. The highest BCUT2D eigenvalue weighted by atomic mass is 32.2. The number of ether oxygens (including phenoxy) is 2. The van der Waals surface area contributed by atoms with Crippen molar-refractivity contribution in [3.63, 3.8) is 0 Å². The molecule has 120 valence electrons. The van der Waals surface area contributed by atoms with E-state index in [4.69, 9.17) is 0 Å². The van der Waals surface area contributed by atoms with E-state index < -0.39 is 23.9 Å². The van der Waals surface area contributed by atoms with Gasteiger partial charge in [-0.05, 0) is 42.7 Å². The SMILES string of the molecule is COC(=O)c1ccc(C(=O)N[C@@H](CCSC)C(=O)OC)cc1. The van der Waals surface area contributed by atoms with Crippen molar-refractivity contribution in [2.24, 2.45) is 0 Å². The largest absolute Gasteiger partial charge is 0.467 e. The quantitative estimate of drug-likeness (QED) is 0.765. The van der Waals surface area contributed by atoms with Gasteiger partial charge in [0.2, 0.25) is 0 Å². The van der Waals surface area contributed by atoms with Crippen molar-refractivity contribution in [1.82, 2.24) is 5.32 Å². The third kappa shape index (κ3) is 5.07. The van der Waals surface area contributed by atoms with E-state index in [0.717, 1.165) is 5.75 Å². The maximum Gasteiger partial charge on any atom is 0.337 e. The predicted molar refractivity (Wildman–Crippen MR) is 84.1 cm³/mol. The average molecular weight is 325 g/mol. The molecule has 1 rings (SSSR count). The van der Waals surface area contributed by atoms with Crippen molar-refractivity contribution >= 4 is 29.6 Å². The first-order valence-corrected chi connectivity index (χ1v) is 7.98. The van der Waals surface area contributed by atoms with Gasteiger partial charge in [0.15, 0.2) is 0 Å². The zero-order valence-electron chi connectivity index (χ0n) is 12.8. The second-order valence-electron chi connectivity index (χ2n) is 4.40. The van der Waals surface area contributed by atoms with Crippen molar-refractivity contribution in [3.05, 3.63) is 35.4 Å². The van der Waals surface area contributed by atoms with Crippen molar-refractivity contribution in [2.75, 3.05) is 26.2 Å². The number of hydrogen-bond acceptors (Lipinski definition) is 6. The second-order valence-corrected chi connectivity index (χ2v) is 5.39. The summed E-state index contributed by atoms with van der Waals surface area (Å²) in [4.78, 5) is 35.1. The number of carbonyl (C=O) groups excluding carboxylic acids is 3. The Morgan fingerprint density at radius 1 is 1.09 bits per heavy atom. The van der Waals surface area contributed by atoms with Crippen LogP contribution in [0.4, 0.5) is 0 Å². The molecule has 1 N–H and O–H groups in total. The number of carbonyl (C=O) groups is 3. The molecule has 0 saturated heterocycles. The molecule has 0 fully saturated rings. The van der Waals surface area contributed by atoms with E-state index in [1.165, 1.54) is 38.5 Å². The molecular formula is C15H19NO5S. The predicted octanol–water partition coefficient (Wildman–Crippen LogP) is 1.50. The number of methoxy groups -OCH3 is 2. The van der Waals surface area contributed by atoms with Crippen molar-refractivity contribution in [1.29, 1.82) is 0 Å². The third-order valence-electron chi connectivity index (χ3n) is 2.97. The van der Waals surface area contributed by atoms with Crippen LogP contribution in [0.25, 0.3) is 0 Å². The van der Waals surface area contributed by atoms with Crippen LogP contribution in [0.5, 0.6) is 0 Å². The van der Waals surface area contributed by atoms with Crippen LogP contribution in [0.3, 0.4) is 0 Å². The number of nitrogens with one attached hydrogen (secondary N) is 1. The molecule has 1 amide bonds. The molecule has 0 radical (unpaired) electrons. The fraction of sp³-hybridized carbons (Fsp3) is 0.400. The van der Waals surface area contributed by atoms with Gasteiger partial charge in [0.1, 0.15) is 6.04 Å². The van der Waals surface area contributed by atoms with Crippen LogP contribution in [-0.4, -0.2) is 50.1 Å². The summed E-state index contributed by atoms with van der Waals surface area (Å²) in [6, 6.07) is 5.31. The highest BCUT2D eigenvalue weighted by molar-refractivity contribution is 7.98. The minimum Gasteiger partial charge on any atom is -0.467 e. The Bertz CT molecular complexity index is 529. The highest BCUT2D eigenvalue weighted by Crippen LogP contribution is 2.08. The summed E-state index contributed by atoms with van der Waals surface area (Å²) >= 11 is 1.58. The Morgan fingerprint density at radius 3 is 2.18 bits per heavy atom. The molecule has 0 heterocycles. The van der Waals surface area contributed by atoms with Crippen molar-refractivity contribution in [3.8, 4) is 0 Å². The molecule has 0 spiro atoms. The molecule has 0 aliphatic heterocycles. The highest BCUT2D eigenvalue weighted by Gasteiger charge is 2.21. The molecule has 1 aromatic carbocycles. The molecule has 0 aliphatic carbocycles. The van der Waals surface area contributed by atoms with Crippen LogP contribution < -0.4 is 5.32 Å².